The van der Waals surface area contributed by atoms with Gasteiger partial charge in [-0.3, -0.25) is 9.69 Å². The van der Waals surface area contributed by atoms with E-state index in [2.05, 4.69) is 17.1 Å². The van der Waals surface area contributed by atoms with Crippen LogP contribution in [-0.4, -0.2) is 29.9 Å². The molecule has 0 aliphatic carbocycles. The number of amides is 1. The zero-order chi connectivity index (χ0) is 13.8. The van der Waals surface area contributed by atoms with Crippen molar-refractivity contribution in [3.63, 3.8) is 0 Å². The van der Waals surface area contributed by atoms with Crippen molar-refractivity contribution >= 4 is 34.8 Å². The van der Waals surface area contributed by atoms with Crippen molar-refractivity contribution in [2.45, 2.75) is 32.2 Å². The summed E-state index contributed by atoms with van der Waals surface area (Å²) >= 11 is 12.0. The summed E-state index contributed by atoms with van der Waals surface area (Å²) in [6.45, 7) is 3.56. The zero-order valence-electron chi connectivity index (χ0n) is 11.0. The van der Waals surface area contributed by atoms with E-state index in [1.54, 1.807) is 18.2 Å². The maximum absolute atomic E-state index is 12.0. The lowest BCUT2D eigenvalue weighted by atomic mass is 10.0. The number of piperidine rings is 1. The molecule has 1 unspecified atom stereocenters. The summed E-state index contributed by atoms with van der Waals surface area (Å²) in [7, 11) is 0. The summed E-state index contributed by atoms with van der Waals surface area (Å²) in [6, 6.07) is 5.69. The Kier molecular flexibility index (Phi) is 5.08. The van der Waals surface area contributed by atoms with E-state index in [4.69, 9.17) is 23.2 Å². The van der Waals surface area contributed by atoms with Crippen molar-refractivity contribution in [2.24, 2.45) is 0 Å². The molecule has 104 valence electrons. The molecule has 1 aliphatic heterocycles. The van der Waals surface area contributed by atoms with E-state index in [0.29, 0.717) is 28.3 Å². The van der Waals surface area contributed by atoms with Crippen molar-refractivity contribution in [1.29, 1.82) is 0 Å². The summed E-state index contributed by atoms with van der Waals surface area (Å²) in [5.74, 6) is -0.0436. The molecule has 5 heteroatoms. The van der Waals surface area contributed by atoms with Gasteiger partial charge in [0.1, 0.15) is 0 Å². The summed E-state index contributed by atoms with van der Waals surface area (Å²) < 4.78 is 0. The molecule has 1 fully saturated rings. The number of halogens is 2. The van der Waals surface area contributed by atoms with E-state index < -0.39 is 0 Å². The molecule has 2 rings (SSSR count). The number of nitrogens with one attached hydrogen (secondary N) is 1. The van der Waals surface area contributed by atoms with Crippen LogP contribution in [0.25, 0.3) is 0 Å². The molecule has 0 bridgehead atoms. The van der Waals surface area contributed by atoms with Crippen molar-refractivity contribution in [3.8, 4) is 0 Å². The number of hydrogen-bond donors (Lipinski definition) is 1. The average Bonchev–Trinajstić information content (AvgIpc) is 2.38. The van der Waals surface area contributed by atoms with Crippen molar-refractivity contribution < 1.29 is 4.79 Å². The van der Waals surface area contributed by atoms with Gasteiger partial charge in [0.2, 0.25) is 5.91 Å². The van der Waals surface area contributed by atoms with Crippen LogP contribution < -0.4 is 5.32 Å². The molecule has 0 radical (unpaired) electrons. The number of hydrogen-bond acceptors (Lipinski definition) is 2. The molecule has 19 heavy (non-hydrogen) atoms. The van der Waals surface area contributed by atoms with Gasteiger partial charge in [-0.25, -0.2) is 0 Å². The molecule has 1 N–H and O–H groups in total. The van der Waals surface area contributed by atoms with Crippen LogP contribution in [0.1, 0.15) is 26.2 Å². The second-order valence-electron chi connectivity index (χ2n) is 4.96. The molecule has 1 heterocycles. The molecule has 1 atom stereocenters. The number of nitrogens with zero attached hydrogens (tertiary/aromatic N) is 1. The minimum absolute atomic E-state index is 0.0436. The fourth-order valence-corrected chi connectivity index (χ4v) is 2.71. The Hall–Kier alpha value is -0.770. The third-order valence-corrected chi connectivity index (χ3v) is 4.33. The van der Waals surface area contributed by atoms with Crippen molar-refractivity contribution in [3.05, 3.63) is 28.2 Å². The topological polar surface area (TPSA) is 32.3 Å². The number of benzene rings is 1. The highest BCUT2D eigenvalue weighted by Crippen LogP contribution is 2.29. The number of rotatable bonds is 3. The molecule has 1 aromatic carbocycles. The fraction of sp³-hybridized carbons (Fsp3) is 0.500. The molecule has 3 nitrogen and oxygen atoms in total. The van der Waals surface area contributed by atoms with Crippen LogP contribution in [0, 0.1) is 0 Å². The molecule has 1 amide bonds. The normalized spacial score (nSPS) is 20.3. The predicted molar refractivity (Wildman–Crippen MR) is 80.0 cm³/mol. The third kappa shape index (κ3) is 3.85. The number of carbonyl (C=O) groups excluding carboxylic acids is 1. The number of likely N-dealkylation sites (tertiary alicyclic amines) is 1. The average molecular weight is 301 g/mol. The van der Waals surface area contributed by atoms with E-state index >= 15 is 0 Å². The first-order valence-electron chi connectivity index (χ1n) is 6.56. The monoisotopic (exact) mass is 300 g/mol. The quantitative estimate of drug-likeness (QED) is 0.921. The van der Waals surface area contributed by atoms with Gasteiger partial charge in [0, 0.05) is 6.04 Å². The standard InChI is InChI=1S/C14H18Cl2N2O/c1-10-5-2-3-8-18(10)9-13(19)17-12-7-4-6-11(15)14(12)16/h4,6-7,10H,2-3,5,8-9H2,1H3,(H,17,19). The van der Waals surface area contributed by atoms with Gasteiger partial charge in [0.25, 0.3) is 0 Å². The lowest BCUT2D eigenvalue weighted by Crippen LogP contribution is -2.42. The Bertz CT molecular complexity index is 465. The van der Waals surface area contributed by atoms with Crippen LogP contribution >= 0.6 is 23.2 Å². The van der Waals surface area contributed by atoms with Crippen molar-refractivity contribution in [2.75, 3.05) is 18.4 Å². The first kappa shape index (κ1) is 14.6. The first-order valence-corrected chi connectivity index (χ1v) is 7.31. The smallest absolute Gasteiger partial charge is 0.238 e. The molecular weight excluding hydrogens is 283 g/mol. The van der Waals surface area contributed by atoms with Gasteiger partial charge in [0.15, 0.2) is 0 Å². The maximum Gasteiger partial charge on any atom is 0.238 e. The SMILES string of the molecule is CC1CCCCN1CC(=O)Nc1cccc(Cl)c1Cl. The zero-order valence-corrected chi connectivity index (χ0v) is 12.5. The van der Waals surface area contributed by atoms with Gasteiger partial charge >= 0.3 is 0 Å². The molecule has 1 aliphatic rings. The van der Waals surface area contributed by atoms with E-state index in [-0.39, 0.29) is 5.91 Å². The predicted octanol–water partition coefficient (Wildman–Crippen LogP) is 3.81. The van der Waals surface area contributed by atoms with Crippen LogP contribution in [0.2, 0.25) is 10.0 Å². The van der Waals surface area contributed by atoms with Crippen molar-refractivity contribution in [1.82, 2.24) is 4.90 Å². The van der Waals surface area contributed by atoms with Gasteiger partial charge in [-0.1, -0.05) is 35.7 Å². The summed E-state index contributed by atoms with van der Waals surface area (Å²) in [5, 5.41) is 3.66. The minimum atomic E-state index is -0.0436. The molecular formula is C14H18Cl2N2O. The lowest BCUT2D eigenvalue weighted by molar-refractivity contribution is -0.118. The Morgan fingerprint density at radius 1 is 1.42 bits per heavy atom. The second kappa shape index (κ2) is 6.60. The minimum Gasteiger partial charge on any atom is -0.324 e. The molecule has 0 spiro atoms. The summed E-state index contributed by atoms with van der Waals surface area (Å²) in [5.41, 5.74) is 0.573. The van der Waals surface area contributed by atoms with Crippen LogP contribution in [0.15, 0.2) is 18.2 Å². The van der Waals surface area contributed by atoms with E-state index in [0.717, 1.165) is 19.4 Å². The molecule has 0 aromatic heterocycles. The van der Waals surface area contributed by atoms with Gasteiger partial charge in [-0.05, 0) is 38.4 Å². The molecule has 0 saturated carbocycles. The highest BCUT2D eigenvalue weighted by molar-refractivity contribution is 6.43. The fourth-order valence-electron chi connectivity index (χ4n) is 2.37. The largest absolute Gasteiger partial charge is 0.324 e. The van der Waals surface area contributed by atoms with E-state index in [1.807, 2.05) is 0 Å². The molecule has 1 aromatic rings. The Balaban J connectivity index is 1.95. The molecule has 1 saturated heterocycles. The van der Waals surface area contributed by atoms with Crippen LogP contribution in [-0.2, 0) is 4.79 Å². The Morgan fingerprint density at radius 2 is 2.21 bits per heavy atom. The van der Waals surface area contributed by atoms with E-state index in [9.17, 15) is 4.79 Å². The van der Waals surface area contributed by atoms with Crippen LogP contribution in [0.4, 0.5) is 5.69 Å². The Morgan fingerprint density at radius 3 is 2.95 bits per heavy atom. The van der Waals surface area contributed by atoms with Gasteiger partial charge in [-0.2, -0.15) is 0 Å². The maximum atomic E-state index is 12.0. The highest BCUT2D eigenvalue weighted by atomic mass is 35.5. The van der Waals surface area contributed by atoms with Crippen LogP contribution in [0.3, 0.4) is 0 Å². The Labute approximate surface area is 123 Å². The van der Waals surface area contributed by atoms with Crippen LogP contribution in [0.5, 0.6) is 0 Å². The lowest BCUT2D eigenvalue weighted by Gasteiger charge is -2.32. The van der Waals surface area contributed by atoms with Gasteiger partial charge < -0.3 is 5.32 Å². The highest BCUT2D eigenvalue weighted by Gasteiger charge is 2.20. The number of anilines is 1. The second-order valence-corrected chi connectivity index (χ2v) is 5.75. The first-order chi connectivity index (χ1) is 9.08. The summed E-state index contributed by atoms with van der Waals surface area (Å²) in [4.78, 5) is 14.2. The van der Waals surface area contributed by atoms with Gasteiger partial charge in [0.05, 0.1) is 22.3 Å². The van der Waals surface area contributed by atoms with E-state index in [1.165, 1.54) is 6.42 Å². The summed E-state index contributed by atoms with van der Waals surface area (Å²) in [6.07, 6.45) is 3.57. The number of carbonyl (C=O) groups is 1. The van der Waals surface area contributed by atoms with Gasteiger partial charge in [-0.15, -0.1) is 0 Å². The third-order valence-electron chi connectivity index (χ3n) is 3.51.